The summed E-state index contributed by atoms with van der Waals surface area (Å²) < 4.78 is 11.6. The Morgan fingerprint density at radius 3 is 2.59 bits per heavy atom. The number of hydrogen-bond donors (Lipinski definition) is 1. The first kappa shape index (κ1) is 20.2. The molecule has 2 aromatic rings. The van der Waals surface area contributed by atoms with Gasteiger partial charge in [0.1, 0.15) is 5.75 Å². The Labute approximate surface area is 172 Å². The van der Waals surface area contributed by atoms with E-state index in [-0.39, 0.29) is 12.5 Å². The highest BCUT2D eigenvalue weighted by Gasteiger charge is 2.23. The summed E-state index contributed by atoms with van der Waals surface area (Å²) in [4.78, 5) is 12.8. The molecule has 0 amide bonds. The predicted octanol–water partition coefficient (Wildman–Crippen LogP) is 5.29. The third-order valence-electron chi connectivity index (χ3n) is 4.25. The third kappa shape index (κ3) is 5.27. The molecular formula is C19H18Cl3NO4. The lowest BCUT2D eigenvalue weighted by atomic mass is 10.1. The van der Waals surface area contributed by atoms with Crippen molar-refractivity contribution in [1.82, 2.24) is 4.90 Å². The maximum absolute atomic E-state index is 10.8. The van der Waals surface area contributed by atoms with Gasteiger partial charge in [0.05, 0.1) is 34.2 Å². The van der Waals surface area contributed by atoms with Gasteiger partial charge >= 0.3 is 5.97 Å². The first-order chi connectivity index (χ1) is 12.9. The largest absolute Gasteiger partial charge is 0.481 e. The second-order valence-corrected chi connectivity index (χ2v) is 7.37. The van der Waals surface area contributed by atoms with Crippen LogP contribution in [0.5, 0.6) is 11.5 Å². The Hall–Kier alpha value is -1.50. The molecule has 1 unspecified atom stereocenters. The summed E-state index contributed by atoms with van der Waals surface area (Å²) in [5.74, 6) is -0.0148. The minimum absolute atomic E-state index is 0.110. The lowest BCUT2D eigenvalue weighted by Crippen LogP contribution is -2.39. The number of rotatable bonds is 6. The minimum Gasteiger partial charge on any atom is -0.481 e. The highest BCUT2D eigenvalue weighted by Crippen LogP contribution is 2.39. The van der Waals surface area contributed by atoms with E-state index in [9.17, 15) is 4.79 Å². The minimum atomic E-state index is -0.805. The SMILES string of the molecule is O=C(O)CCN1CCOC(c2ccc(Oc3c(Cl)cccc3Cl)c(Cl)c2)C1. The van der Waals surface area contributed by atoms with Gasteiger partial charge in [0.25, 0.3) is 0 Å². The lowest BCUT2D eigenvalue weighted by Gasteiger charge is -2.33. The Kier molecular flexibility index (Phi) is 6.84. The van der Waals surface area contributed by atoms with E-state index in [4.69, 9.17) is 49.4 Å². The number of carboxylic acids is 1. The zero-order valence-corrected chi connectivity index (χ0v) is 16.6. The number of carboxylic acid groups (broad SMARTS) is 1. The smallest absolute Gasteiger partial charge is 0.304 e. The molecule has 0 aromatic heterocycles. The molecule has 0 radical (unpaired) electrons. The van der Waals surface area contributed by atoms with Gasteiger partial charge in [0.2, 0.25) is 0 Å². The van der Waals surface area contributed by atoms with Crippen LogP contribution < -0.4 is 4.74 Å². The Balaban J connectivity index is 1.72. The molecule has 0 bridgehead atoms. The van der Waals surface area contributed by atoms with E-state index in [0.717, 1.165) is 5.56 Å². The first-order valence-corrected chi connectivity index (χ1v) is 9.54. The molecule has 144 valence electrons. The van der Waals surface area contributed by atoms with Gasteiger partial charge in [-0.15, -0.1) is 0 Å². The zero-order valence-electron chi connectivity index (χ0n) is 14.3. The van der Waals surface area contributed by atoms with Gasteiger partial charge < -0.3 is 14.6 Å². The van der Waals surface area contributed by atoms with Crippen molar-refractivity contribution in [3.05, 3.63) is 57.0 Å². The maximum atomic E-state index is 10.8. The van der Waals surface area contributed by atoms with Gasteiger partial charge in [-0.2, -0.15) is 0 Å². The number of morpholine rings is 1. The molecule has 1 aliphatic rings. The fraction of sp³-hybridized carbons (Fsp3) is 0.316. The first-order valence-electron chi connectivity index (χ1n) is 8.41. The van der Waals surface area contributed by atoms with Crippen LogP contribution >= 0.6 is 34.8 Å². The third-order valence-corrected chi connectivity index (χ3v) is 5.14. The summed E-state index contributed by atoms with van der Waals surface area (Å²) in [6.45, 7) is 2.36. The van der Waals surface area contributed by atoms with Crippen LogP contribution in [0.3, 0.4) is 0 Å². The summed E-state index contributed by atoms with van der Waals surface area (Å²) in [5.41, 5.74) is 0.901. The molecule has 1 saturated heterocycles. The molecule has 0 spiro atoms. The molecule has 5 nitrogen and oxygen atoms in total. The van der Waals surface area contributed by atoms with Gasteiger partial charge in [-0.3, -0.25) is 9.69 Å². The normalized spacial score (nSPS) is 17.7. The summed E-state index contributed by atoms with van der Waals surface area (Å²) in [6.07, 6.45) is -0.0678. The topological polar surface area (TPSA) is 59.0 Å². The quantitative estimate of drug-likeness (QED) is 0.675. The predicted molar refractivity (Wildman–Crippen MR) is 105 cm³/mol. The van der Waals surface area contributed by atoms with Gasteiger partial charge in [-0.25, -0.2) is 0 Å². The van der Waals surface area contributed by atoms with E-state index >= 15 is 0 Å². The number of halogens is 3. The van der Waals surface area contributed by atoms with Crippen molar-refractivity contribution >= 4 is 40.8 Å². The van der Waals surface area contributed by atoms with E-state index in [2.05, 4.69) is 4.90 Å². The van der Waals surface area contributed by atoms with Crippen LogP contribution in [0, 0.1) is 0 Å². The molecule has 8 heteroatoms. The van der Waals surface area contributed by atoms with Gasteiger partial charge in [-0.05, 0) is 29.8 Å². The molecule has 1 fully saturated rings. The van der Waals surface area contributed by atoms with Crippen molar-refractivity contribution in [3.63, 3.8) is 0 Å². The van der Waals surface area contributed by atoms with Gasteiger partial charge in [-0.1, -0.05) is 46.9 Å². The molecule has 2 aromatic carbocycles. The van der Waals surface area contributed by atoms with Crippen LogP contribution in [0.2, 0.25) is 15.1 Å². The number of hydrogen-bond acceptors (Lipinski definition) is 4. The number of nitrogens with zero attached hydrogens (tertiary/aromatic N) is 1. The fourth-order valence-corrected chi connectivity index (χ4v) is 3.55. The number of benzene rings is 2. The van der Waals surface area contributed by atoms with Gasteiger partial charge in [0, 0.05) is 19.6 Å². The van der Waals surface area contributed by atoms with Crippen LogP contribution in [0.4, 0.5) is 0 Å². The number of para-hydroxylation sites is 1. The van der Waals surface area contributed by atoms with E-state index in [0.29, 0.717) is 52.8 Å². The number of ether oxygens (including phenoxy) is 2. The number of carbonyl (C=O) groups is 1. The second kappa shape index (κ2) is 9.13. The summed E-state index contributed by atoms with van der Waals surface area (Å²) in [5, 5.41) is 10.0. The fourth-order valence-electron chi connectivity index (χ4n) is 2.85. The Morgan fingerprint density at radius 1 is 1.19 bits per heavy atom. The van der Waals surface area contributed by atoms with Crippen molar-refractivity contribution in [3.8, 4) is 11.5 Å². The summed E-state index contributed by atoms with van der Waals surface area (Å²) in [6, 6.07) is 10.5. The van der Waals surface area contributed by atoms with Crippen LogP contribution in [0.15, 0.2) is 36.4 Å². The van der Waals surface area contributed by atoms with Crippen molar-refractivity contribution in [2.45, 2.75) is 12.5 Å². The van der Waals surface area contributed by atoms with Crippen molar-refractivity contribution in [2.24, 2.45) is 0 Å². The molecule has 3 rings (SSSR count). The lowest BCUT2D eigenvalue weighted by molar-refractivity contribution is -0.137. The average molecular weight is 431 g/mol. The summed E-state index contributed by atoms with van der Waals surface area (Å²) >= 11 is 18.7. The van der Waals surface area contributed by atoms with E-state index < -0.39 is 5.97 Å². The highest BCUT2D eigenvalue weighted by molar-refractivity contribution is 6.37. The maximum Gasteiger partial charge on any atom is 0.304 e. The molecule has 1 aliphatic heterocycles. The molecular weight excluding hydrogens is 413 g/mol. The monoisotopic (exact) mass is 429 g/mol. The van der Waals surface area contributed by atoms with Crippen molar-refractivity contribution in [1.29, 1.82) is 0 Å². The van der Waals surface area contributed by atoms with Crippen LogP contribution in [-0.4, -0.2) is 42.2 Å². The molecule has 27 heavy (non-hydrogen) atoms. The van der Waals surface area contributed by atoms with E-state index in [1.165, 1.54) is 0 Å². The van der Waals surface area contributed by atoms with E-state index in [1.807, 2.05) is 6.07 Å². The molecule has 1 N–H and O–H groups in total. The zero-order chi connectivity index (χ0) is 19.4. The van der Waals surface area contributed by atoms with E-state index in [1.54, 1.807) is 30.3 Å². The molecule has 0 aliphatic carbocycles. The summed E-state index contributed by atoms with van der Waals surface area (Å²) in [7, 11) is 0. The highest BCUT2D eigenvalue weighted by atomic mass is 35.5. The number of aliphatic carboxylic acids is 1. The Bertz CT molecular complexity index is 810. The van der Waals surface area contributed by atoms with Gasteiger partial charge in [0.15, 0.2) is 5.75 Å². The second-order valence-electron chi connectivity index (χ2n) is 6.15. The van der Waals surface area contributed by atoms with Crippen molar-refractivity contribution in [2.75, 3.05) is 26.2 Å². The van der Waals surface area contributed by atoms with Crippen LogP contribution in [0.1, 0.15) is 18.1 Å². The molecule has 1 atom stereocenters. The average Bonchev–Trinajstić information content (AvgIpc) is 2.64. The van der Waals surface area contributed by atoms with Crippen LogP contribution in [-0.2, 0) is 9.53 Å². The molecule has 1 heterocycles. The van der Waals surface area contributed by atoms with Crippen LogP contribution in [0.25, 0.3) is 0 Å². The standard InChI is InChI=1S/C19H18Cl3NO4/c20-13-2-1-3-14(21)19(13)27-16-5-4-12(10-15(16)22)17-11-23(8-9-26-17)7-6-18(24)25/h1-5,10,17H,6-9,11H2,(H,24,25). The Morgan fingerprint density at radius 2 is 1.93 bits per heavy atom. The molecule has 0 saturated carbocycles. The van der Waals surface area contributed by atoms with Crippen molar-refractivity contribution < 1.29 is 19.4 Å².